The molecule has 0 heterocycles. The zero-order chi connectivity index (χ0) is 19.5. The second kappa shape index (κ2) is 11.0. The third-order valence-electron chi connectivity index (χ3n) is 4.68. The number of hydrogen-bond donors (Lipinski definition) is 0. The van der Waals surface area contributed by atoms with Gasteiger partial charge in [-0.15, -0.1) is 0 Å². The zero-order valence-electron chi connectivity index (χ0n) is 16.2. The first-order chi connectivity index (χ1) is 13.2. The summed E-state index contributed by atoms with van der Waals surface area (Å²) >= 11 is 0. The highest BCUT2D eigenvalue weighted by atomic mass is 16.5. The Labute approximate surface area is 162 Å². The fourth-order valence-corrected chi connectivity index (χ4v) is 3.07. The number of hydrogen-bond acceptors (Lipinski definition) is 3. The summed E-state index contributed by atoms with van der Waals surface area (Å²) in [6.07, 6.45) is 8.50. The second-order valence-electron chi connectivity index (χ2n) is 6.69. The number of para-hydroxylation sites is 1. The van der Waals surface area contributed by atoms with Crippen molar-refractivity contribution in [2.75, 3.05) is 0 Å². The van der Waals surface area contributed by atoms with Crippen molar-refractivity contribution in [3.8, 4) is 11.8 Å². The molecule has 0 spiro atoms. The number of benzene rings is 2. The van der Waals surface area contributed by atoms with E-state index in [1.54, 1.807) is 12.1 Å². The third-order valence-corrected chi connectivity index (χ3v) is 4.68. The first-order valence-electron chi connectivity index (χ1n) is 9.64. The molecule has 2 rings (SSSR count). The number of unbranched alkanes of at least 4 members (excludes halogenated alkanes) is 1. The Morgan fingerprint density at radius 1 is 1.15 bits per heavy atom. The Morgan fingerprint density at radius 3 is 2.59 bits per heavy atom. The van der Waals surface area contributed by atoms with Crippen LogP contribution in [0, 0.1) is 17.2 Å². The maximum atomic E-state index is 12.3. The second-order valence-corrected chi connectivity index (χ2v) is 6.69. The van der Waals surface area contributed by atoms with Crippen molar-refractivity contribution in [2.45, 2.75) is 46.0 Å². The molecule has 0 saturated carbocycles. The van der Waals surface area contributed by atoms with Crippen LogP contribution < -0.4 is 4.74 Å². The molecular formula is C24H27NO2. The molecule has 0 aromatic heterocycles. The predicted octanol–water partition coefficient (Wildman–Crippen LogP) is 5.94. The highest BCUT2D eigenvalue weighted by Crippen LogP contribution is 2.29. The molecule has 1 atom stereocenters. The van der Waals surface area contributed by atoms with E-state index in [4.69, 9.17) is 4.74 Å². The van der Waals surface area contributed by atoms with Crippen LogP contribution in [-0.2, 0) is 11.2 Å². The highest BCUT2D eigenvalue weighted by Gasteiger charge is 2.16. The Kier molecular flexibility index (Phi) is 8.32. The molecule has 2 aromatic rings. The van der Waals surface area contributed by atoms with Crippen molar-refractivity contribution in [2.24, 2.45) is 5.92 Å². The monoisotopic (exact) mass is 361 g/mol. The number of nitriles is 1. The van der Waals surface area contributed by atoms with Gasteiger partial charge in [-0.1, -0.05) is 82.0 Å². The number of esters is 1. The maximum absolute atomic E-state index is 12.3. The van der Waals surface area contributed by atoms with E-state index in [9.17, 15) is 10.1 Å². The first kappa shape index (κ1) is 20.5. The van der Waals surface area contributed by atoms with Crippen LogP contribution in [-0.4, -0.2) is 5.97 Å². The summed E-state index contributed by atoms with van der Waals surface area (Å²) in [5.74, 6) is 0.457. The standard InChI is InChI=1S/C24H27NO2/c1-3-5-10-19(4-2)17-21-13-9-14-22(18-25)24(21)27-23(26)16-15-20-11-7-6-8-12-20/h6-9,11-16,19H,3-5,10,17H2,1-2H3. The summed E-state index contributed by atoms with van der Waals surface area (Å²) in [7, 11) is 0. The van der Waals surface area contributed by atoms with Crippen molar-refractivity contribution in [1.29, 1.82) is 5.26 Å². The van der Waals surface area contributed by atoms with Crippen molar-refractivity contribution < 1.29 is 9.53 Å². The van der Waals surface area contributed by atoms with E-state index in [1.165, 1.54) is 18.9 Å². The van der Waals surface area contributed by atoms with E-state index in [1.807, 2.05) is 42.5 Å². The van der Waals surface area contributed by atoms with Crippen LogP contribution in [0.2, 0.25) is 0 Å². The lowest BCUT2D eigenvalue weighted by atomic mass is 9.91. The molecule has 0 fully saturated rings. The Hall–Kier alpha value is -2.86. The van der Waals surface area contributed by atoms with Gasteiger partial charge >= 0.3 is 5.97 Å². The molecule has 140 valence electrons. The number of ether oxygens (including phenoxy) is 1. The topological polar surface area (TPSA) is 50.1 Å². The number of carbonyl (C=O) groups is 1. The molecule has 27 heavy (non-hydrogen) atoms. The van der Waals surface area contributed by atoms with Crippen molar-refractivity contribution in [3.05, 3.63) is 71.3 Å². The maximum Gasteiger partial charge on any atom is 0.336 e. The van der Waals surface area contributed by atoms with E-state index >= 15 is 0 Å². The zero-order valence-corrected chi connectivity index (χ0v) is 16.2. The summed E-state index contributed by atoms with van der Waals surface area (Å²) in [6.45, 7) is 4.37. The average molecular weight is 361 g/mol. The van der Waals surface area contributed by atoms with Crippen LogP contribution >= 0.6 is 0 Å². The Morgan fingerprint density at radius 2 is 1.93 bits per heavy atom. The molecule has 0 radical (unpaired) electrons. The number of rotatable bonds is 9. The van der Waals surface area contributed by atoms with Gasteiger partial charge in [0.05, 0.1) is 5.56 Å². The predicted molar refractivity (Wildman–Crippen MR) is 109 cm³/mol. The van der Waals surface area contributed by atoms with Crippen LogP contribution in [0.5, 0.6) is 5.75 Å². The van der Waals surface area contributed by atoms with Crippen molar-refractivity contribution >= 4 is 12.0 Å². The van der Waals surface area contributed by atoms with E-state index in [-0.39, 0.29) is 0 Å². The van der Waals surface area contributed by atoms with Gasteiger partial charge < -0.3 is 4.74 Å². The minimum Gasteiger partial charge on any atom is -0.422 e. The van der Waals surface area contributed by atoms with Gasteiger partial charge in [-0.05, 0) is 35.6 Å². The van der Waals surface area contributed by atoms with E-state index in [0.29, 0.717) is 17.2 Å². The lowest BCUT2D eigenvalue weighted by Crippen LogP contribution is -2.10. The van der Waals surface area contributed by atoms with Crippen LogP contribution in [0.15, 0.2) is 54.6 Å². The highest BCUT2D eigenvalue weighted by molar-refractivity contribution is 5.89. The lowest BCUT2D eigenvalue weighted by Gasteiger charge is -2.17. The normalized spacial score (nSPS) is 11.9. The van der Waals surface area contributed by atoms with Crippen LogP contribution in [0.25, 0.3) is 6.08 Å². The quantitative estimate of drug-likeness (QED) is 0.316. The fraction of sp³-hybridized carbons (Fsp3) is 0.333. The molecule has 0 saturated heterocycles. The molecule has 0 aliphatic carbocycles. The molecule has 0 bridgehead atoms. The van der Waals surface area contributed by atoms with Gasteiger partial charge in [0.15, 0.2) is 5.75 Å². The largest absolute Gasteiger partial charge is 0.422 e. The minimum absolute atomic E-state index is 0.401. The molecule has 0 N–H and O–H groups in total. The van der Waals surface area contributed by atoms with Gasteiger partial charge in [-0.25, -0.2) is 4.79 Å². The fourth-order valence-electron chi connectivity index (χ4n) is 3.07. The van der Waals surface area contributed by atoms with Crippen molar-refractivity contribution in [3.63, 3.8) is 0 Å². The van der Waals surface area contributed by atoms with E-state index in [0.717, 1.165) is 30.4 Å². The van der Waals surface area contributed by atoms with E-state index in [2.05, 4.69) is 19.9 Å². The molecule has 1 unspecified atom stereocenters. The smallest absolute Gasteiger partial charge is 0.336 e. The minimum atomic E-state index is -0.468. The SMILES string of the molecule is CCCCC(CC)Cc1cccc(C#N)c1OC(=O)C=Cc1ccccc1. The van der Waals surface area contributed by atoms with Crippen LogP contribution in [0.4, 0.5) is 0 Å². The van der Waals surface area contributed by atoms with E-state index < -0.39 is 5.97 Å². The van der Waals surface area contributed by atoms with Crippen LogP contribution in [0.3, 0.4) is 0 Å². The molecular weight excluding hydrogens is 334 g/mol. The van der Waals surface area contributed by atoms with Crippen LogP contribution in [0.1, 0.15) is 56.2 Å². The molecule has 0 aliphatic heterocycles. The average Bonchev–Trinajstić information content (AvgIpc) is 2.71. The third kappa shape index (κ3) is 6.42. The summed E-state index contributed by atoms with van der Waals surface area (Å²) < 4.78 is 5.59. The van der Waals surface area contributed by atoms with Gasteiger partial charge in [0.2, 0.25) is 0 Å². The molecule has 3 heteroatoms. The Balaban J connectivity index is 2.17. The number of carbonyl (C=O) groups excluding carboxylic acids is 1. The van der Waals surface area contributed by atoms with Gasteiger partial charge in [0, 0.05) is 6.08 Å². The summed E-state index contributed by atoms with van der Waals surface area (Å²) in [6, 6.07) is 17.2. The summed E-state index contributed by atoms with van der Waals surface area (Å²) in [5, 5.41) is 9.44. The number of nitrogens with zero attached hydrogens (tertiary/aromatic N) is 1. The Bertz CT molecular complexity index is 803. The molecule has 0 aliphatic rings. The van der Waals surface area contributed by atoms with Gasteiger partial charge in [0.1, 0.15) is 6.07 Å². The molecule has 0 amide bonds. The summed E-state index contributed by atoms with van der Waals surface area (Å²) in [4.78, 5) is 12.3. The van der Waals surface area contributed by atoms with Gasteiger partial charge in [0.25, 0.3) is 0 Å². The first-order valence-corrected chi connectivity index (χ1v) is 9.64. The molecule has 3 nitrogen and oxygen atoms in total. The summed E-state index contributed by atoms with van der Waals surface area (Å²) in [5.41, 5.74) is 2.26. The molecule has 2 aromatic carbocycles. The van der Waals surface area contributed by atoms with Crippen molar-refractivity contribution in [1.82, 2.24) is 0 Å². The van der Waals surface area contributed by atoms with Gasteiger partial charge in [-0.3, -0.25) is 0 Å². The lowest BCUT2D eigenvalue weighted by molar-refractivity contribution is -0.129. The van der Waals surface area contributed by atoms with Gasteiger partial charge in [-0.2, -0.15) is 5.26 Å².